The second kappa shape index (κ2) is 4.94. The van der Waals surface area contributed by atoms with Crippen molar-refractivity contribution in [2.45, 2.75) is 4.90 Å². The Labute approximate surface area is 109 Å². The summed E-state index contributed by atoms with van der Waals surface area (Å²) in [4.78, 5) is 21.3. The number of hydrogen-bond donors (Lipinski definition) is 1. The summed E-state index contributed by atoms with van der Waals surface area (Å²) in [6.45, 7) is 0.405. The van der Waals surface area contributed by atoms with Crippen LogP contribution in [0.1, 0.15) is 0 Å². The number of piperazine rings is 1. The maximum absolute atomic E-state index is 12.2. The second-order valence-corrected chi connectivity index (χ2v) is 5.76. The van der Waals surface area contributed by atoms with Gasteiger partial charge in [0.1, 0.15) is 0 Å². The van der Waals surface area contributed by atoms with Gasteiger partial charge in [0.05, 0.1) is 16.4 Å². The number of nitrogens with one attached hydrogen (secondary N) is 1. The van der Waals surface area contributed by atoms with Gasteiger partial charge in [0.25, 0.3) is 15.7 Å². The summed E-state index contributed by atoms with van der Waals surface area (Å²) in [5, 5.41) is 13.3. The molecule has 1 aliphatic heterocycles. The summed E-state index contributed by atoms with van der Waals surface area (Å²) < 4.78 is 25.2. The zero-order valence-electron chi connectivity index (χ0n) is 9.77. The first kappa shape index (κ1) is 13.4. The molecule has 19 heavy (non-hydrogen) atoms. The van der Waals surface area contributed by atoms with Gasteiger partial charge >= 0.3 is 0 Å². The van der Waals surface area contributed by atoms with E-state index < -0.39 is 20.9 Å². The van der Waals surface area contributed by atoms with E-state index in [0.29, 0.717) is 6.54 Å². The second-order valence-electron chi connectivity index (χ2n) is 3.90. The number of rotatable bonds is 3. The molecule has 1 amide bonds. The van der Waals surface area contributed by atoms with Crippen molar-refractivity contribution >= 4 is 21.6 Å². The van der Waals surface area contributed by atoms with Gasteiger partial charge in [-0.2, -0.15) is 0 Å². The fourth-order valence-electron chi connectivity index (χ4n) is 1.71. The summed E-state index contributed by atoms with van der Waals surface area (Å²) in [6, 6.07) is 4.45. The number of non-ortho nitro benzene ring substituents is 1. The Kier molecular flexibility index (Phi) is 3.49. The van der Waals surface area contributed by atoms with Crippen molar-refractivity contribution < 1.29 is 18.1 Å². The zero-order valence-corrected chi connectivity index (χ0v) is 10.6. The molecular formula is C10H11N3O5S. The normalized spacial score (nSPS) is 16.4. The lowest BCUT2D eigenvalue weighted by Crippen LogP contribution is -2.50. The molecule has 0 saturated carbocycles. The van der Waals surface area contributed by atoms with Crippen LogP contribution >= 0.6 is 0 Å². The monoisotopic (exact) mass is 285 g/mol. The van der Waals surface area contributed by atoms with Crippen molar-refractivity contribution in [3.05, 3.63) is 34.4 Å². The Bertz CT molecular complexity index is 611. The van der Waals surface area contributed by atoms with Crippen LogP contribution in [0.3, 0.4) is 0 Å². The fraction of sp³-hybridized carbons (Fsp3) is 0.300. The van der Waals surface area contributed by atoms with Crippen molar-refractivity contribution in [2.75, 3.05) is 19.6 Å². The van der Waals surface area contributed by atoms with Gasteiger partial charge in [0.15, 0.2) is 0 Å². The average Bonchev–Trinajstić information content (AvgIpc) is 2.39. The maximum Gasteiger partial charge on any atom is 0.269 e. The van der Waals surface area contributed by atoms with Crippen LogP contribution in [0.15, 0.2) is 29.2 Å². The number of benzene rings is 1. The van der Waals surface area contributed by atoms with Gasteiger partial charge in [-0.05, 0) is 12.1 Å². The highest BCUT2D eigenvalue weighted by atomic mass is 32.2. The molecule has 102 valence electrons. The summed E-state index contributed by atoms with van der Waals surface area (Å²) in [5.41, 5.74) is -0.203. The van der Waals surface area contributed by atoms with Crippen molar-refractivity contribution in [2.24, 2.45) is 0 Å². The van der Waals surface area contributed by atoms with Crippen LogP contribution in [-0.2, 0) is 14.8 Å². The average molecular weight is 285 g/mol. The van der Waals surface area contributed by atoms with Crippen LogP contribution < -0.4 is 5.32 Å². The van der Waals surface area contributed by atoms with E-state index in [-0.39, 0.29) is 23.7 Å². The molecule has 9 heteroatoms. The highest BCUT2D eigenvalue weighted by Gasteiger charge is 2.31. The van der Waals surface area contributed by atoms with Crippen LogP contribution in [0, 0.1) is 10.1 Å². The van der Waals surface area contributed by atoms with Crippen LogP contribution in [0.4, 0.5) is 5.69 Å². The molecule has 1 saturated heterocycles. The van der Waals surface area contributed by atoms with Gasteiger partial charge < -0.3 is 5.32 Å². The molecule has 1 aliphatic rings. The number of hydrogen-bond acceptors (Lipinski definition) is 6. The Balaban J connectivity index is 2.33. The third kappa shape index (κ3) is 2.56. The molecule has 1 aromatic rings. The molecule has 0 radical (unpaired) electrons. The lowest BCUT2D eigenvalue weighted by atomic mass is 10.3. The molecule has 1 N–H and O–H groups in total. The zero-order chi connectivity index (χ0) is 14.0. The molecule has 1 aromatic carbocycles. The van der Waals surface area contributed by atoms with Crippen LogP contribution in [-0.4, -0.2) is 43.2 Å². The number of sulfonamides is 1. The van der Waals surface area contributed by atoms with Gasteiger partial charge in [0, 0.05) is 25.2 Å². The molecule has 0 atom stereocenters. The van der Waals surface area contributed by atoms with E-state index in [2.05, 4.69) is 5.32 Å². The number of nitro benzene ring substituents is 1. The minimum atomic E-state index is -3.93. The molecule has 0 bridgehead atoms. The Hall–Kier alpha value is -2.00. The first-order valence-corrected chi connectivity index (χ1v) is 6.87. The number of nitrogens with zero attached hydrogens (tertiary/aromatic N) is 2. The van der Waals surface area contributed by atoms with Crippen LogP contribution in [0.5, 0.6) is 0 Å². The van der Waals surface area contributed by atoms with E-state index >= 15 is 0 Å². The fourth-order valence-corrected chi connectivity index (χ4v) is 3.11. The van der Waals surface area contributed by atoms with Gasteiger partial charge in [-0.1, -0.05) is 0 Å². The molecule has 1 fully saturated rings. The first-order chi connectivity index (χ1) is 8.93. The van der Waals surface area contributed by atoms with Crippen molar-refractivity contribution in [3.63, 3.8) is 0 Å². The van der Waals surface area contributed by atoms with E-state index in [1.165, 1.54) is 0 Å². The van der Waals surface area contributed by atoms with Crippen molar-refractivity contribution in [1.82, 2.24) is 9.62 Å². The summed E-state index contributed by atoms with van der Waals surface area (Å²) in [5.74, 6) is -0.537. The summed E-state index contributed by atoms with van der Waals surface area (Å²) >= 11 is 0. The largest absolute Gasteiger partial charge is 0.307 e. The summed E-state index contributed by atoms with van der Waals surface area (Å²) in [6.07, 6.45) is 0. The van der Waals surface area contributed by atoms with Gasteiger partial charge in [-0.15, -0.1) is 0 Å². The SMILES string of the molecule is O=C1CNCCN1S(=O)(=O)c1ccc([N+](=O)[O-])cc1. The number of nitro groups is 1. The van der Waals surface area contributed by atoms with Gasteiger partial charge in [-0.25, -0.2) is 12.7 Å². The number of carbonyl (C=O) groups is 1. The maximum atomic E-state index is 12.2. The molecule has 0 aliphatic carbocycles. The van der Waals surface area contributed by atoms with Gasteiger partial charge in [-0.3, -0.25) is 14.9 Å². The van der Waals surface area contributed by atoms with E-state index in [0.717, 1.165) is 28.6 Å². The highest BCUT2D eigenvalue weighted by molar-refractivity contribution is 7.89. The predicted molar refractivity (Wildman–Crippen MR) is 64.9 cm³/mol. The van der Waals surface area contributed by atoms with E-state index in [4.69, 9.17) is 0 Å². The molecule has 0 spiro atoms. The lowest BCUT2D eigenvalue weighted by molar-refractivity contribution is -0.384. The highest BCUT2D eigenvalue weighted by Crippen LogP contribution is 2.20. The molecule has 0 unspecified atom stereocenters. The van der Waals surface area contributed by atoms with Gasteiger partial charge in [0.2, 0.25) is 5.91 Å². The minimum absolute atomic E-state index is 0.0355. The van der Waals surface area contributed by atoms with E-state index in [1.807, 2.05) is 0 Å². The Morgan fingerprint density at radius 1 is 1.26 bits per heavy atom. The Morgan fingerprint density at radius 2 is 1.89 bits per heavy atom. The van der Waals surface area contributed by atoms with Crippen molar-refractivity contribution in [1.29, 1.82) is 0 Å². The van der Waals surface area contributed by atoms with Crippen LogP contribution in [0.2, 0.25) is 0 Å². The molecular weight excluding hydrogens is 274 g/mol. The summed E-state index contributed by atoms with van der Waals surface area (Å²) in [7, 11) is -3.93. The molecule has 2 rings (SSSR count). The van der Waals surface area contributed by atoms with Crippen LogP contribution in [0.25, 0.3) is 0 Å². The van der Waals surface area contributed by atoms with Crippen molar-refractivity contribution in [3.8, 4) is 0 Å². The standard InChI is InChI=1S/C10H11N3O5S/c14-10-7-11-5-6-12(10)19(17,18)9-3-1-8(2-4-9)13(15)16/h1-4,11H,5-7H2. The predicted octanol–water partition coefficient (Wildman–Crippen LogP) is -0.285. The third-order valence-corrected chi connectivity index (χ3v) is 4.52. The quantitative estimate of drug-likeness (QED) is 0.604. The molecule has 8 nitrogen and oxygen atoms in total. The van der Waals surface area contributed by atoms with E-state index in [9.17, 15) is 23.3 Å². The molecule has 0 aromatic heterocycles. The third-order valence-electron chi connectivity index (χ3n) is 2.68. The molecule has 1 heterocycles. The Morgan fingerprint density at radius 3 is 2.42 bits per heavy atom. The minimum Gasteiger partial charge on any atom is -0.307 e. The topological polar surface area (TPSA) is 110 Å². The first-order valence-electron chi connectivity index (χ1n) is 5.43. The smallest absolute Gasteiger partial charge is 0.269 e. The number of amides is 1. The lowest BCUT2D eigenvalue weighted by Gasteiger charge is -2.26. The number of carbonyl (C=O) groups excluding carboxylic acids is 1. The van der Waals surface area contributed by atoms with E-state index in [1.54, 1.807) is 0 Å².